The quantitative estimate of drug-likeness (QED) is 0.522. The highest BCUT2D eigenvalue weighted by Gasteiger charge is 2.12. The number of thiazole rings is 1. The molecule has 0 aliphatic carbocycles. The van der Waals surface area contributed by atoms with Crippen LogP contribution in [0.25, 0.3) is 22.4 Å². The lowest BCUT2D eigenvalue weighted by molar-refractivity contribution is 0.0951. The number of para-hydroxylation sites is 1. The Bertz CT molecular complexity index is 1190. The van der Waals surface area contributed by atoms with Crippen molar-refractivity contribution >= 4 is 28.3 Å². The fourth-order valence-corrected chi connectivity index (χ4v) is 3.68. The Balaban J connectivity index is 1.40. The van der Waals surface area contributed by atoms with E-state index in [0.717, 1.165) is 16.3 Å². The van der Waals surface area contributed by atoms with E-state index in [2.05, 4.69) is 15.3 Å². The minimum absolute atomic E-state index is 0.179. The highest BCUT2D eigenvalue weighted by atomic mass is 32.1. The van der Waals surface area contributed by atoms with Crippen LogP contribution in [0.4, 0.5) is 0 Å². The molecule has 0 unspecified atom stereocenters. The number of H-pyrrole nitrogens is 1. The minimum atomic E-state index is -0.475. The number of amides is 1. The molecule has 4 rings (SSSR count). The Kier molecular flexibility index (Phi) is 4.94. The van der Waals surface area contributed by atoms with Crippen LogP contribution in [0, 0.1) is 0 Å². The molecule has 4 aromatic rings. The van der Waals surface area contributed by atoms with Crippen molar-refractivity contribution in [1.29, 1.82) is 0 Å². The van der Waals surface area contributed by atoms with Gasteiger partial charge in [-0.1, -0.05) is 18.2 Å². The summed E-state index contributed by atoms with van der Waals surface area (Å²) in [4.78, 5) is 30.8. The van der Waals surface area contributed by atoms with E-state index in [9.17, 15) is 9.59 Å². The average molecular weight is 395 g/mol. The van der Waals surface area contributed by atoms with Gasteiger partial charge in [0, 0.05) is 23.9 Å². The molecule has 0 atom stereocenters. The topological polar surface area (TPSA) is 97.2 Å². The van der Waals surface area contributed by atoms with Crippen LogP contribution in [0.3, 0.4) is 0 Å². The first kappa shape index (κ1) is 18.0. The summed E-state index contributed by atoms with van der Waals surface area (Å²) in [6.45, 7) is 0.468. The molecule has 0 aliphatic heterocycles. The number of carbonyl (C=O) groups excluding carboxylic acids is 1. The van der Waals surface area contributed by atoms with E-state index < -0.39 is 5.76 Å². The Morgan fingerprint density at radius 2 is 2.14 bits per heavy atom. The number of aromatic amines is 1. The van der Waals surface area contributed by atoms with Gasteiger partial charge in [-0.05, 0) is 24.3 Å². The molecule has 2 aromatic heterocycles. The van der Waals surface area contributed by atoms with Crippen molar-refractivity contribution in [3.8, 4) is 17.0 Å². The van der Waals surface area contributed by atoms with Gasteiger partial charge in [-0.3, -0.25) is 9.78 Å². The Hall–Kier alpha value is -3.39. The third-order valence-corrected chi connectivity index (χ3v) is 5.15. The molecule has 1 amide bonds. The maximum atomic E-state index is 12.3. The van der Waals surface area contributed by atoms with Crippen LogP contribution in [-0.2, 0) is 6.42 Å². The van der Waals surface area contributed by atoms with Crippen molar-refractivity contribution in [3.05, 3.63) is 69.0 Å². The molecule has 0 saturated heterocycles. The van der Waals surface area contributed by atoms with Crippen LogP contribution < -0.4 is 15.8 Å². The number of aromatic nitrogens is 2. The smallest absolute Gasteiger partial charge is 0.417 e. The third kappa shape index (κ3) is 3.67. The van der Waals surface area contributed by atoms with E-state index in [0.29, 0.717) is 35.4 Å². The molecule has 8 heteroatoms. The first-order valence-electron chi connectivity index (χ1n) is 8.63. The van der Waals surface area contributed by atoms with Crippen LogP contribution in [0.2, 0.25) is 0 Å². The summed E-state index contributed by atoms with van der Waals surface area (Å²) in [5.74, 6) is -0.109. The normalized spacial score (nSPS) is 10.9. The molecule has 0 fully saturated rings. The second-order valence-electron chi connectivity index (χ2n) is 6.06. The Labute approximate surface area is 164 Å². The number of rotatable bonds is 6. The van der Waals surface area contributed by atoms with Gasteiger partial charge in [0.05, 0.1) is 28.9 Å². The van der Waals surface area contributed by atoms with Crippen LogP contribution >= 0.6 is 11.3 Å². The van der Waals surface area contributed by atoms with Crippen LogP contribution in [-0.4, -0.2) is 29.5 Å². The number of carbonyl (C=O) groups is 1. The predicted molar refractivity (Wildman–Crippen MR) is 107 cm³/mol. The van der Waals surface area contributed by atoms with Gasteiger partial charge in [0.1, 0.15) is 5.75 Å². The van der Waals surface area contributed by atoms with Gasteiger partial charge in [-0.15, -0.1) is 11.3 Å². The molecule has 2 heterocycles. The van der Waals surface area contributed by atoms with Gasteiger partial charge in [-0.2, -0.15) is 0 Å². The van der Waals surface area contributed by atoms with Crippen LogP contribution in [0.5, 0.6) is 5.75 Å². The fraction of sp³-hybridized carbons (Fsp3) is 0.150. The summed E-state index contributed by atoms with van der Waals surface area (Å²) in [5.41, 5.74) is 3.34. The summed E-state index contributed by atoms with van der Waals surface area (Å²) in [7, 11) is 1.54. The van der Waals surface area contributed by atoms with Crippen LogP contribution in [0.1, 0.15) is 15.4 Å². The molecule has 7 nitrogen and oxygen atoms in total. The lowest BCUT2D eigenvalue weighted by atomic mass is 10.1. The lowest BCUT2D eigenvalue weighted by Gasteiger charge is -2.08. The number of nitrogens with zero attached hydrogens (tertiary/aromatic N) is 1. The first-order valence-corrected chi connectivity index (χ1v) is 9.51. The van der Waals surface area contributed by atoms with Gasteiger partial charge in [-0.25, -0.2) is 9.78 Å². The number of oxazole rings is 1. The van der Waals surface area contributed by atoms with Crippen molar-refractivity contribution in [2.45, 2.75) is 6.42 Å². The van der Waals surface area contributed by atoms with Gasteiger partial charge in [0.25, 0.3) is 5.91 Å². The van der Waals surface area contributed by atoms with Gasteiger partial charge in [0.15, 0.2) is 5.58 Å². The standard InChI is InChI=1S/C20H17N3O4S/c1-26-16-5-3-2-4-13(16)19(24)21-9-8-18-22-15(11-28-18)12-6-7-14-17(10-12)27-20(25)23-14/h2-7,10-11H,8-9H2,1H3,(H,21,24)(H,23,25). The zero-order valence-corrected chi connectivity index (χ0v) is 15.8. The monoisotopic (exact) mass is 395 g/mol. The van der Waals surface area contributed by atoms with Gasteiger partial charge in [0.2, 0.25) is 0 Å². The second-order valence-corrected chi connectivity index (χ2v) is 7.00. The number of hydrogen-bond donors (Lipinski definition) is 2. The number of ether oxygens (including phenoxy) is 1. The molecule has 142 valence electrons. The van der Waals surface area contributed by atoms with Gasteiger partial charge < -0.3 is 14.5 Å². The van der Waals surface area contributed by atoms with E-state index in [1.54, 1.807) is 37.4 Å². The largest absolute Gasteiger partial charge is 0.496 e. The van der Waals surface area contributed by atoms with E-state index in [1.807, 2.05) is 17.5 Å². The molecular formula is C20H17N3O4S. The predicted octanol–water partition coefficient (Wildman–Crippen LogP) is 3.23. The molecule has 0 spiro atoms. The van der Waals surface area contributed by atoms with E-state index in [4.69, 9.17) is 9.15 Å². The van der Waals surface area contributed by atoms with Crippen molar-refractivity contribution in [3.63, 3.8) is 0 Å². The third-order valence-electron chi connectivity index (χ3n) is 4.24. The summed E-state index contributed by atoms with van der Waals surface area (Å²) in [6, 6.07) is 12.6. The molecule has 2 N–H and O–H groups in total. The van der Waals surface area contributed by atoms with E-state index >= 15 is 0 Å². The highest BCUT2D eigenvalue weighted by Crippen LogP contribution is 2.25. The second kappa shape index (κ2) is 7.69. The number of hydrogen-bond acceptors (Lipinski definition) is 6. The maximum absolute atomic E-state index is 12.3. The van der Waals surface area contributed by atoms with E-state index in [1.165, 1.54) is 11.3 Å². The Morgan fingerprint density at radius 1 is 1.29 bits per heavy atom. The zero-order chi connectivity index (χ0) is 19.5. The maximum Gasteiger partial charge on any atom is 0.417 e. The van der Waals surface area contributed by atoms with Crippen molar-refractivity contribution in [2.24, 2.45) is 0 Å². The number of fused-ring (bicyclic) bond motifs is 1. The molecular weight excluding hydrogens is 378 g/mol. The minimum Gasteiger partial charge on any atom is -0.496 e. The summed E-state index contributed by atoms with van der Waals surface area (Å²) < 4.78 is 10.3. The number of nitrogens with one attached hydrogen (secondary N) is 2. The van der Waals surface area contributed by atoms with Crippen molar-refractivity contribution in [1.82, 2.24) is 15.3 Å². The van der Waals surface area contributed by atoms with E-state index in [-0.39, 0.29) is 5.91 Å². The molecule has 0 saturated carbocycles. The molecule has 0 aliphatic rings. The van der Waals surface area contributed by atoms with Crippen molar-refractivity contribution in [2.75, 3.05) is 13.7 Å². The molecule has 28 heavy (non-hydrogen) atoms. The molecule has 0 radical (unpaired) electrons. The summed E-state index contributed by atoms with van der Waals surface area (Å²) in [5, 5.41) is 5.75. The summed E-state index contributed by atoms with van der Waals surface area (Å²) >= 11 is 1.52. The zero-order valence-electron chi connectivity index (χ0n) is 15.0. The average Bonchev–Trinajstić information content (AvgIpc) is 3.32. The first-order chi connectivity index (χ1) is 13.6. The molecule has 0 bridgehead atoms. The fourth-order valence-electron chi connectivity index (χ4n) is 2.87. The van der Waals surface area contributed by atoms with Gasteiger partial charge >= 0.3 is 5.76 Å². The Morgan fingerprint density at radius 3 is 3.00 bits per heavy atom. The summed E-state index contributed by atoms with van der Waals surface area (Å²) in [6.07, 6.45) is 0.618. The van der Waals surface area contributed by atoms with Crippen molar-refractivity contribution < 1.29 is 13.9 Å². The SMILES string of the molecule is COc1ccccc1C(=O)NCCc1nc(-c2ccc3[nH]c(=O)oc3c2)cs1. The highest BCUT2D eigenvalue weighted by molar-refractivity contribution is 7.09. The number of methoxy groups -OCH3 is 1. The number of benzene rings is 2. The lowest BCUT2D eigenvalue weighted by Crippen LogP contribution is -2.26. The van der Waals surface area contributed by atoms with Crippen LogP contribution in [0.15, 0.2) is 57.1 Å². The molecule has 2 aromatic carbocycles.